The normalized spacial score (nSPS) is 19.0. The average Bonchev–Trinajstić information content (AvgIpc) is 2.47. The molecule has 1 heterocycles. The van der Waals surface area contributed by atoms with Crippen LogP contribution in [0.1, 0.15) is 45.1 Å². The van der Waals surface area contributed by atoms with Crippen molar-refractivity contribution in [3.05, 3.63) is 35.6 Å². The first-order valence-electron chi connectivity index (χ1n) is 8.25. The first kappa shape index (κ1) is 16.9. The molecule has 22 heavy (non-hydrogen) atoms. The largest absolute Gasteiger partial charge is 0.341 e. The average molecular weight is 306 g/mol. The van der Waals surface area contributed by atoms with E-state index in [-0.39, 0.29) is 11.7 Å². The van der Waals surface area contributed by atoms with Crippen molar-refractivity contribution in [2.75, 3.05) is 13.1 Å². The van der Waals surface area contributed by atoms with Crippen LogP contribution in [0.5, 0.6) is 0 Å². The highest BCUT2D eigenvalue weighted by atomic mass is 19.1. The third kappa shape index (κ3) is 4.29. The molecule has 1 fully saturated rings. The van der Waals surface area contributed by atoms with Gasteiger partial charge in [-0.25, -0.2) is 4.39 Å². The Bertz CT molecular complexity index is 508. The van der Waals surface area contributed by atoms with E-state index in [9.17, 15) is 9.18 Å². The molecule has 122 valence electrons. The molecule has 1 amide bonds. The van der Waals surface area contributed by atoms with Gasteiger partial charge in [0.15, 0.2) is 0 Å². The summed E-state index contributed by atoms with van der Waals surface area (Å²) in [5, 5.41) is 0. The number of amides is 1. The van der Waals surface area contributed by atoms with Gasteiger partial charge in [-0.15, -0.1) is 0 Å². The second kappa shape index (κ2) is 7.23. The molecule has 2 rings (SSSR count). The number of nitrogens with zero attached hydrogens (tertiary/aromatic N) is 1. The summed E-state index contributed by atoms with van der Waals surface area (Å²) >= 11 is 0. The highest BCUT2D eigenvalue weighted by Crippen LogP contribution is 2.24. The van der Waals surface area contributed by atoms with Crippen molar-refractivity contribution in [2.24, 2.45) is 11.7 Å². The minimum atomic E-state index is -0.746. The molecule has 1 aliphatic heterocycles. The van der Waals surface area contributed by atoms with E-state index < -0.39 is 5.54 Å². The molecule has 0 aromatic heterocycles. The molecule has 1 aliphatic rings. The maximum absolute atomic E-state index is 13.2. The van der Waals surface area contributed by atoms with E-state index in [1.165, 1.54) is 6.07 Å². The van der Waals surface area contributed by atoms with E-state index in [0.29, 0.717) is 5.92 Å². The van der Waals surface area contributed by atoms with Gasteiger partial charge in [0.05, 0.1) is 5.54 Å². The molecule has 2 N–H and O–H groups in total. The van der Waals surface area contributed by atoms with Crippen LogP contribution in [0.15, 0.2) is 24.3 Å². The van der Waals surface area contributed by atoms with Gasteiger partial charge in [-0.05, 0) is 56.2 Å². The van der Waals surface area contributed by atoms with Crippen LogP contribution < -0.4 is 5.73 Å². The summed E-state index contributed by atoms with van der Waals surface area (Å²) in [5.41, 5.74) is 6.44. The number of benzene rings is 1. The minimum absolute atomic E-state index is 0.0681. The van der Waals surface area contributed by atoms with Crippen molar-refractivity contribution >= 4 is 5.91 Å². The number of hydrogen-bond acceptors (Lipinski definition) is 2. The van der Waals surface area contributed by atoms with Gasteiger partial charge in [0.1, 0.15) is 5.82 Å². The number of carbonyl (C=O) groups excluding carboxylic acids is 1. The second-order valence-electron chi connectivity index (χ2n) is 6.74. The van der Waals surface area contributed by atoms with Crippen LogP contribution in [-0.4, -0.2) is 29.4 Å². The Labute approximate surface area is 132 Å². The Kier molecular flexibility index (Phi) is 5.57. The fourth-order valence-corrected chi connectivity index (χ4v) is 3.32. The van der Waals surface area contributed by atoms with E-state index >= 15 is 0 Å². The lowest BCUT2D eigenvalue weighted by Crippen LogP contribution is -2.55. The zero-order valence-electron chi connectivity index (χ0n) is 13.6. The topological polar surface area (TPSA) is 46.3 Å². The van der Waals surface area contributed by atoms with Crippen LogP contribution in [0, 0.1) is 11.7 Å². The quantitative estimate of drug-likeness (QED) is 0.908. The summed E-state index contributed by atoms with van der Waals surface area (Å²) < 4.78 is 13.2. The van der Waals surface area contributed by atoms with Gasteiger partial charge in [0, 0.05) is 13.1 Å². The highest BCUT2D eigenvalue weighted by molar-refractivity contribution is 5.85. The zero-order chi connectivity index (χ0) is 16.2. The Morgan fingerprint density at radius 1 is 1.41 bits per heavy atom. The zero-order valence-corrected chi connectivity index (χ0v) is 13.6. The van der Waals surface area contributed by atoms with E-state index in [1.807, 2.05) is 24.8 Å². The molecule has 1 unspecified atom stereocenters. The molecule has 0 aliphatic carbocycles. The van der Waals surface area contributed by atoms with Crippen LogP contribution in [-0.2, 0) is 11.2 Å². The summed E-state index contributed by atoms with van der Waals surface area (Å²) in [6, 6.07) is 6.81. The third-order valence-electron chi connectivity index (χ3n) is 4.57. The lowest BCUT2D eigenvalue weighted by molar-refractivity contribution is -0.138. The lowest BCUT2D eigenvalue weighted by atomic mass is 9.88. The molecule has 0 bridgehead atoms. The van der Waals surface area contributed by atoms with Crippen molar-refractivity contribution in [2.45, 2.75) is 51.5 Å². The van der Waals surface area contributed by atoms with Crippen LogP contribution in [0.3, 0.4) is 0 Å². The SMILES string of the molecule is CCCC(C)(N)C(=O)N1CCC(Cc2cccc(F)c2)CC1. The molecule has 1 saturated heterocycles. The minimum Gasteiger partial charge on any atom is -0.341 e. The predicted octanol–water partition coefficient (Wildman–Crippen LogP) is 3.12. The van der Waals surface area contributed by atoms with Gasteiger partial charge in [-0.1, -0.05) is 25.5 Å². The maximum Gasteiger partial charge on any atom is 0.242 e. The molecule has 0 spiro atoms. The maximum atomic E-state index is 13.2. The number of halogens is 1. The molecule has 1 aromatic rings. The van der Waals surface area contributed by atoms with E-state index in [1.54, 1.807) is 12.1 Å². The second-order valence-corrected chi connectivity index (χ2v) is 6.74. The van der Waals surface area contributed by atoms with Gasteiger partial charge >= 0.3 is 0 Å². The van der Waals surface area contributed by atoms with Gasteiger partial charge in [-0.3, -0.25) is 4.79 Å². The van der Waals surface area contributed by atoms with Crippen LogP contribution in [0.4, 0.5) is 4.39 Å². The molecule has 1 aromatic carbocycles. The number of likely N-dealkylation sites (tertiary alicyclic amines) is 1. The summed E-state index contributed by atoms with van der Waals surface area (Å²) in [7, 11) is 0. The predicted molar refractivity (Wildman–Crippen MR) is 86.9 cm³/mol. The van der Waals surface area contributed by atoms with Crippen molar-refractivity contribution < 1.29 is 9.18 Å². The van der Waals surface area contributed by atoms with Crippen LogP contribution in [0.25, 0.3) is 0 Å². The summed E-state index contributed by atoms with van der Waals surface area (Å²) in [4.78, 5) is 14.4. The van der Waals surface area contributed by atoms with Gasteiger partial charge in [-0.2, -0.15) is 0 Å². The Morgan fingerprint density at radius 2 is 2.09 bits per heavy atom. The lowest BCUT2D eigenvalue weighted by Gasteiger charge is -2.37. The van der Waals surface area contributed by atoms with Crippen LogP contribution in [0.2, 0.25) is 0 Å². The Balaban J connectivity index is 1.86. The van der Waals surface area contributed by atoms with Crippen molar-refractivity contribution in [3.63, 3.8) is 0 Å². The number of carbonyl (C=O) groups is 1. The standard InChI is InChI=1S/C18H27FN2O/c1-3-9-18(2,20)17(22)21-10-7-14(8-11-21)12-15-5-4-6-16(19)13-15/h4-6,13-14H,3,7-12,20H2,1-2H3. The van der Waals surface area contributed by atoms with Crippen LogP contribution >= 0.6 is 0 Å². The molecule has 1 atom stereocenters. The van der Waals surface area contributed by atoms with Gasteiger partial charge < -0.3 is 10.6 Å². The molecule has 3 nitrogen and oxygen atoms in total. The molecule has 4 heteroatoms. The summed E-state index contributed by atoms with van der Waals surface area (Å²) in [6.45, 7) is 5.39. The van der Waals surface area contributed by atoms with Crippen molar-refractivity contribution in [1.82, 2.24) is 4.90 Å². The Morgan fingerprint density at radius 3 is 2.68 bits per heavy atom. The van der Waals surface area contributed by atoms with Gasteiger partial charge in [0.2, 0.25) is 5.91 Å². The van der Waals surface area contributed by atoms with Crippen molar-refractivity contribution in [1.29, 1.82) is 0 Å². The van der Waals surface area contributed by atoms with E-state index in [0.717, 1.165) is 50.8 Å². The summed E-state index contributed by atoms with van der Waals surface area (Å²) in [6.07, 6.45) is 4.44. The summed E-state index contributed by atoms with van der Waals surface area (Å²) in [5.74, 6) is 0.406. The first-order chi connectivity index (χ1) is 10.4. The molecule has 0 radical (unpaired) electrons. The molecular weight excluding hydrogens is 279 g/mol. The van der Waals surface area contributed by atoms with E-state index in [2.05, 4.69) is 0 Å². The fraction of sp³-hybridized carbons (Fsp3) is 0.611. The fourth-order valence-electron chi connectivity index (χ4n) is 3.32. The number of piperidine rings is 1. The van der Waals surface area contributed by atoms with Crippen molar-refractivity contribution in [3.8, 4) is 0 Å². The first-order valence-corrected chi connectivity index (χ1v) is 8.25. The smallest absolute Gasteiger partial charge is 0.242 e. The number of hydrogen-bond donors (Lipinski definition) is 1. The monoisotopic (exact) mass is 306 g/mol. The Hall–Kier alpha value is -1.42. The molecule has 0 saturated carbocycles. The molecular formula is C18H27FN2O. The number of nitrogens with two attached hydrogens (primary N) is 1. The third-order valence-corrected chi connectivity index (χ3v) is 4.57. The van der Waals surface area contributed by atoms with Gasteiger partial charge in [0.25, 0.3) is 0 Å². The highest BCUT2D eigenvalue weighted by Gasteiger charge is 2.33. The number of rotatable bonds is 5. The van der Waals surface area contributed by atoms with E-state index in [4.69, 9.17) is 5.73 Å².